The summed E-state index contributed by atoms with van der Waals surface area (Å²) < 4.78 is 0. The third-order valence-electron chi connectivity index (χ3n) is 3.08. The Morgan fingerprint density at radius 3 is 2.60 bits per heavy atom. The average Bonchev–Trinajstić information content (AvgIpc) is 2.96. The Kier molecular flexibility index (Phi) is 2.55. The van der Waals surface area contributed by atoms with Gasteiger partial charge in [-0.2, -0.15) is 0 Å². The molecule has 0 unspecified atom stereocenters. The first-order valence-electron chi connectivity index (χ1n) is 5.67. The van der Waals surface area contributed by atoms with Gasteiger partial charge in [0.05, 0.1) is 0 Å². The molecular weight excluding hydrogens is 184 g/mol. The maximum atomic E-state index is 4.21. The SMILES string of the molecule is CC(C)(C)NCC1(c2cccnc2)CC1. The summed E-state index contributed by atoms with van der Waals surface area (Å²) in [6.07, 6.45) is 6.44. The molecule has 2 nitrogen and oxygen atoms in total. The van der Waals surface area contributed by atoms with Gasteiger partial charge >= 0.3 is 0 Å². The minimum absolute atomic E-state index is 0.206. The highest BCUT2D eigenvalue weighted by Gasteiger charge is 2.44. The Morgan fingerprint density at radius 1 is 1.40 bits per heavy atom. The van der Waals surface area contributed by atoms with E-state index in [0.29, 0.717) is 5.41 Å². The molecule has 1 aliphatic rings. The van der Waals surface area contributed by atoms with Gasteiger partial charge in [-0.25, -0.2) is 0 Å². The molecule has 82 valence electrons. The fourth-order valence-electron chi connectivity index (χ4n) is 1.83. The molecule has 0 aromatic carbocycles. The summed E-state index contributed by atoms with van der Waals surface area (Å²) in [5.41, 5.74) is 1.97. The molecule has 1 aromatic rings. The number of aromatic nitrogens is 1. The van der Waals surface area contributed by atoms with E-state index < -0.39 is 0 Å². The van der Waals surface area contributed by atoms with Crippen molar-refractivity contribution in [3.05, 3.63) is 30.1 Å². The summed E-state index contributed by atoms with van der Waals surface area (Å²) in [5.74, 6) is 0. The van der Waals surface area contributed by atoms with E-state index in [1.165, 1.54) is 18.4 Å². The van der Waals surface area contributed by atoms with Crippen molar-refractivity contribution in [3.63, 3.8) is 0 Å². The zero-order valence-electron chi connectivity index (χ0n) is 9.88. The molecule has 0 aliphatic heterocycles. The fourth-order valence-corrected chi connectivity index (χ4v) is 1.83. The Balaban J connectivity index is 2.03. The lowest BCUT2D eigenvalue weighted by Crippen LogP contribution is -2.40. The summed E-state index contributed by atoms with van der Waals surface area (Å²) in [6.45, 7) is 7.72. The topological polar surface area (TPSA) is 24.9 Å². The van der Waals surface area contributed by atoms with E-state index in [-0.39, 0.29) is 5.54 Å². The van der Waals surface area contributed by atoms with E-state index in [9.17, 15) is 0 Å². The Hall–Kier alpha value is -0.890. The van der Waals surface area contributed by atoms with E-state index in [0.717, 1.165) is 6.54 Å². The Morgan fingerprint density at radius 2 is 2.13 bits per heavy atom. The van der Waals surface area contributed by atoms with Crippen molar-refractivity contribution in [2.45, 2.75) is 44.6 Å². The number of nitrogens with zero attached hydrogens (tertiary/aromatic N) is 1. The molecule has 15 heavy (non-hydrogen) atoms. The van der Waals surface area contributed by atoms with Gasteiger partial charge in [0.2, 0.25) is 0 Å². The molecule has 0 atom stereocenters. The maximum Gasteiger partial charge on any atom is 0.0306 e. The fraction of sp³-hybridized carbons (Fsp3) is 0.615. The molecule has 1 heterocycles. The largest absolute Gasteiger partial charge is 0.311 e. The zero-order chi connectivity index (χ0) is 10.9. The number of hydrogen-bond acceptors (Lipinski definition) is 2. The van der Waals surface area contributed by atoms with Crippen molar-refractivity contribution in [2.24, 2.45) is 0 Å². The smallest absolute Gasteiger partial charge is 0.0306 e. The van der Waals surface area contributed by atoms with Gasteiger partial charge in [0.15, 0.2) is 0 Å². The summed E-state index contributed by atoms with van der Waals surface area (Å²) in [5, 5.41) is 3.60. The quantitative estimate of drug-likeness (QED) is 0.818. The molecule has 0 radical (unpaired) electrons. The van der Waals surface area contributed by atoms with E-state index in [1.54, 1.807) is 0 Å². The first-order valence-corrected chi connectivity index (χ1v) is 5.67. The first-order chi connectivity index (χ1) is 7.02. The van der Waals surface area contributed by atoms with Gasteiger partial charge in [0.1, 0.15) is 0 Å². The van der Waals surface area contributed by atoms with Crippen LogP contribution in [0.5, 0.6) is 0 Å². The van der Waals surface area contributed by atoms with Crippen molar-refractivity contribution < 1.29 is 0 Å². The third-order valence-corrected chi connectivity index (χ3v) is 3.08. The van der Waals surface area contributed by atoms with Crippen LogP contribution in [0, 0.1) is 0 Å². The lowest BCUT2D eigenvalue weighted by Gasteiger charge is -2.25. The molecule has 2 rings (SSSR count). The van der Waals surface area contributed by atoms with E-state index in [4.69, 9.17) is 0 Å². The van der Waals surface area contributed by atoms with Crippen LogP contribution in [0.4, 0.5) is 0 Å². The summed E-state index contributed by atoms with van der Waals surface area (Å²) in [7, 11) is 0. The molecule has 0 amide bonds. The minimum atomic E-state index is 0.206. The van der Waals surface area contributed by atoms with E-state index in [1.807, 2.05) is 18.5 Å². The molecular formula is C13H20N2. The van der Waals surface area contributed by atoms with E-state index in [2.05, 4.69) is 37.1 Å². The molecule has 0 spiro atoms. The lowest BCUT2D eigenvalue weighted by atomic mass is 9.96. The highest BCUT2D eigenvalue weighted by molar-refractivity contribution is 5.29. The minimum Gasteiger partial charge on any atom is -0.311 e. The van der Waals surface area contributed by atoms with Gasteiger partial charge in [0, 0.05) is 29.9 Å². The normalized spacial score (nSPS) is 18.9. The Labute approximate surface area is 92.1 Å². The van der Waals surface area contributed by atoms with Crippen molar-refractivity contribution in [1.29, 1.82) is 0 Å². The highest BCUT2D eigenvalue weighted by Crippen LogP contribution is 2.47. The number of nitrogens with one attached hydrogen (secondary N) is 1. The second kappa shape index (κ2) is 3.60. The van der Waals surface area contributed by atoms with Crippen LogP contribution >= 0.6 is 0 Å². The highest BCUT2D eigenvalue weighted by atomic mass is 15.0. The molecule has 1 aromatic heterocycles. The second-order valence-electron chi connectivity index (χ2n) is 5.63. The van der Waals surface area contributed by atoms with Gasteiger partial charge in [-0.05, 0) is 45.2 Å². The molecule has 1 N–H and O–H groups in total. The predicted molar refractivity (Wildman–Crippen MR) is 62.9 cm³/mol. The van der Waals surface area contributed by atoms with Crippen LogP contribution in [0.25, 0.3) is 0 Å². The van der Waals surface area contributed by atoms with Crippen LogP contribution in [-0.2, 0) is 5.41 Å². The third kappa shape index (κ3) is 2.57. The average molecular weight is 204 g/mol. The van der Waals surface area contributed by atoms with Gasteiger partial charge in [-0.3, -0.25) is 4.98 Å². The molecule has 2 heteroatoms. The van der Waals surface area contributed by atoms with E-state index >= 15 is 0 Å². The molecule has 0 bridgehead atoms. The monoisotopic (exact) mass is 204 g/mol. The first kappa shape index (κ1) is 10.6. The van der Waals surface area contributed by atoms with Gasteiger partial charge in [-0.15, -0.1) is 0 Å². The molecule has 1 fully saturated rings. The second-order valence-corrected chi connectivity index (χ2v) is 5.63. The lowest BCUT2D eigenvalue weighted by molar-refractivity contribution is 0.399. The van der Waals surface area contributed by atoms with Crippen LogP contribution in [0.1, 0.15) is 39.2 Å². The molecule has 1 saturated carbocycles. The van der Waals surface area contributed by atoms with Crippen LogP contribution < -0.4 is 5.32 Å². The molecule has 1 aliphatic carbocycles. The summed E-state index contributed by atoms with van der Waals surface area (Å²) >= 11 is 0. The number of hydrogen-bond donors (Lipinski definition) is 1. The van der Waals surface area contributed by atoms with Crippen LogP contribution in [0.2, 0.25) is 0 Å². The van der Waals surface area contributed by atoms with Crippen molar-refractivity contribution >= 4 is 0 Å². The predicted octanol–water partition coefficient (Wildman–Crippen LogP) is 2.50. The zero-order valence-corrected chi connectivity index (χ0v) is 9.88. The summed E-state index contributed by atoms with van der Waals surface area (Å²) in [4.78, 5) is 4.21. The number of rotatable bonds is 3. The molecule has 0 saturated heterocycles. The standard InChI is InChI=1S/C13H20N2/c1-12(2,3)15-10-13(6-7-13)11-5-4-8-14-9-11/h4-5,8-9,15H,6-7,10H2,1-3H3. The Bertz CT molecular complexity index is 320. The van der Waals surface area contributed by atoms with Crippen molar-refractivity contribution in [1.82, 2.24) is 10.3 Å². The van der Waals surface area contributed by atoms with Crippen molar-refractivity contribution in [2.75, 3.05) is 6.54 Å². The van der Waals surface area contributed by atoms with Crippen molar-refractivity contribution in [3.8, 4) is 0 Å². The van der Waals surface area contributed by atoms with Crippen LogP contribution in [-0.4, -0.2) is 17.1 Å². The van der Waals surface area contributed by atoms with Gasteiger partial charge < -0.3 is 5.32 Å². The van der Waals surface area contributed by atoms with Crippen LogP contribution in [0.15, 0.2) is 24.5 Å². The van der Waals surface area contributed by atoms with Gasteiger partial charge in [-0.1, -0.05) is 6.07 Å². The maximum absolute atomic E-state index is 4.21. The van der Waals surface area contributed by atoms with Gasteiger partial charge in [0.25, 0.3) is 0 Å². The summed E-state index contributed by atoms with van der Waals surface area (Å²) in [6, 6.07) is 4.23. The number of pyridine rings is 1. The van der Waals surface area contributed by atoms with Crippen LogP contribution in [0.3, 0.4) is 0 Å².